The summed E-state index contributed by atoms with van der Waals surface area (Å²) >= 11 is 3.60. The van der Waals surface area contributed by atoms with Gasteiger partial charge in [0.15, 0.2) is 0 Å². The zero-order valence-electron chi connectivity index (χ0n) is 12.0. The lowest BCUT2D eigenvalue weighted by atomic mass is 9.96. The number of benzene rings is 1. The Labute approximate surface area is 119 Å². The number of halogens is 1. The Balaban J connectivity index is 3.00. The number of nitrogens with one attached hydrogen (secondary N) is 1. The van der Waals surface area contributed by atoms with Crippen LogP contribution in [0.5, 0.6) is 5.75 Å². The molecule has 1 rings (SSSR count). The SMILES string of the molecule is CNC(CCC(C)C)c1cc(Br)c(C)cc1OC. The molecule has 0 saturated heterocycles. The molecule has 18 heavy (non-hydrogen) atoms. The van der Waals surface area contributed by atoms with Crippen molar-refractivity contribution in [2.45, 2.75) is 39.7 Å². The third kappa shape index (κ3) is 3.99. The Bertz CT molecular complexity index is 390. The molecule has 0 aromatic heterocycles. The van der Waals surface area contributed by atoms with E-state index in [1.165, 1.54) is 17.5 Å². The molecule has 1 N–H and O–H groups in total. The first-order valence-electron chi connectivity index (χ1n) is 6.50. The van der Waals surface area contributed by atoms with Crippen LogP contribution in [0.4, 0.5) is 0 Å². The Kier molecular flexibility index (Phi) is 6.16. The lowest BCUT2D eigenvalue weighted by molar-refractivity contribution is 0.392. The monoisotopic (exact) mass is 313 g/mol. The number of hydrogen-bond donors (Lipinski definition) is 1. The van der Waals surface area contributed by atoms with Gasteiger partial charge in [-0.05, 0) is 50.4 Å². The maximum absolute atomic E-state index is 5.51. The Hall–Kier alpha value is -0.540. The Morgan fingerprint density at radius 1 is 1.28 bits per heavy atom. The summed E-state index contributed by atoms with van der Waals surface area (Å²) in [6.07, 6.45) is 2.33. The fourth-order valence-electron chi connectivity index (χ4n) is 2.07. The molecule has 0 fully saturated rings. The smallest absolute Gasteiger partial charge is 0.123 e. The van der Waals surface area contributed by atoms with Gasteiger partial charge >= 0.3 is 0 Å². The predicted octanol–water partition coefficient (Wildman–Crippen LogP) is 4.46. The van der Waals surface area contributed by atoms with E-state index >= 15 is 0 Å². The summed E-state index contributed by atoms with van der Waals surface area (Å²) in [5, 5.41) is 3.39. The van der Waals surface area contributed by atoms with E-state index in [1.807, 2.05) is 7.05 Å². The number of ether oxygens (including phenoxy) is 1. The van der Waals surface area contributed by atoms with Gasteiger partial charge in [0, 0.05) is 16.1 Å². The van der Waals surface area contributed by atoms with Crippen molar-refractivity contribution in [3.63, 3.8) is 0 Å². The van der Waals surface area contributed by atoms with Crippen molar-refractivity contribution >= 4 is 15.9 Å². The minimum Gasteiger partial charge on any atom is -0.496 e. The number of methoxy groups -OCH3 is 1. The maximum atomic E-state index is 5.51. The van der Waals surface area contributed by atoms with Crippen molar-refractivity contribution in [1.29, 1.82) is 0 Å². The second kappa shape index (κ2) is 7.15. The zero-order chi connectivity index (χ0) is 13.7. The molecule has 0 aliphatic heterocycles. The molecule has 0 aliphatic carbocycles. The van der Waals surface area contributed by atoms with Crippen LogP contribution >= 0.6 is 15.9 Å². The average Bonchev–Trinajstić information content (AvgIpc) is 2.33. The third-order valence-corrected chi connectivity index (χ3v) is 4.12. The summed E-state index contributed by atoms with van der Waals surface area (Å²) in [5.41, 5.74) is 2.44. The second-order valence-corrected chi connectivity index (χ2v) is 6.01. The summed E-state index contributed by atoms with van der Waals surface area (Å²) in [4.78, 5) is 0. The van der Waals surface area contributed by atoms with Gasteiger partial charge in [-0.25, -0.2) is 0 Å². The van der Waals surface area contributed by atoms with E-state index in [0.29, 0.717) is 6.04 Å². The first-order valence-corrected chi connectivity index (χ1v) is 7.30. The molecule has 0 heterocycles. The largest absolute Gasteiger partial charge is 0.496 e. The first kappa shape index (κ1) is 15.5. The molecule has 1 unspecified atom stereocenters. The van der Waals surface area contributed by atoms with E-state index in [0.717, 1.165) is 22.6 Å². The van der Waals surface area contributed by atoms with Crippen LogP contribution in [0, 0.1) is 12.8 Å². The van der Waals surface area contributed by atoms with Gasteiger partial charge in [0.25, 0.3) is 0 Å². The molecule has 0 amide bonds. The molecule has 3 heteroatoms. The van der Waals surface area contributed by atoms with Crippen LogP contribution in [-0.2, 0) is 0 Å². The highest BCUT2D eigenvalue weighted by molar-refractivity contribution is 9.10. The first-order chi connectivity index (χ1) is 8.49. The number of hydrogen-bond acceptors (Lipinski definition) is 2. The van der Waals surface area contributed by atoms with E-state index in [2.05, 4.69) is 54.2 Å². The van der Waals surface area contributed by atoms with Gasteiger partial charge in [0.1, 0.15) is 5.75 Å². The molecule has 0 saturated carbocycles. The van der Waals surface area contributed by atoms with Crippen molar-refractivity contribution in [2.75, 3.05) is 14.2 Å². The molecule has 0 bridgehead atoms. The van der Waals surface area contributed by atoms with Gasteiger partial charge in [-0.1, -0.05) is 29.8 Å². The highest BCUT2D eigenvalue weighted by Gasteiger charge is 2.16. The Morgan fingerprint density at radius 3 is 2.44 bits per heavy atom. The van der Waals surface area contributed by atoms with Gasteiger partial charge in [-0.3, -0.25) is 0 Å². The minimum atomic E-state index is 0.347. The standard InChI is InChI=1S/C15H24BrNO/c1-10(2)6-7-14(17-4)12-9-13(16)11(3)8-15(12)18-5/h8-10,14,17H,6-7H2,1-5H3. The molecular formula is C15H24BrNO. The Morgan fingerprint density at radius 2 is 1.94 bits per heavy atom. The summed E-state index contributed by atoms with van der Waals surface area (Å²) in [6, 6.07) is 4.62. The molecule has 0 radical (unpaired) electrons. The van der Waals surface area contributed by atoms with Crippen LogP contribution in [0.1, 0.15) is 43.9 Å². The summed E-state index contributed by atoms with van der Waals surface area (Å²) in [5.74, 6) is 1.69. The number of aryl methyl sites for hydroxylation is 1. The predicted molar refractivity (Wildman–Crippen MR) is 81.3 cm³/mol. The van der Waals surface area contributed by atoms with Gasteiger partial charge in [-0.15, -0.1) is 0 Å². The van der Waals surface area contributed by atoms with E-state index < -0.39 is 0 Å². The molecule has 1 atom stereocenters. The highest BCUT2D eigenvalue weighted by atomic mass is 79.9. The molecule has 1 aromatic rings. The van der Waals surface area contributed by atoms with Crippen molar-refractivity contribution in [2.24, 2.45) is 5.92 Å². The summed E-state index contributed by atoms with van der Waals surface area (Å²) in [6.45, 7) is 6.60. The van der Waals surface area contributed by atoms with Crippen LogP contribution < -0.4 is 10.1 Å². The lowest BCUT2D eigenvalue weighted by Gasteiger charge is -2.21. The van der Waals surface area contributed by atoms with Crippen molar-refractivity contribution < 1.29 is 4.74 Å². The van der Waals surface area contributed by atoms with Crippen LogP contribution in [0.2, 0.25) is 0 Å². The fourth-order valence-corrected chi connectivity index (χ4v) is 2.44. The summed E-state index contributed by atoms with van der Waals surface area (Å²) in [7, 11) is 3.75. The van der Waals surface area contributed by atoms with Crippen LogP contribution in [0.25, 0.3) is 0 Å². The van der Waals surface area contributed by atoms with Crippen molar-refractivity contribution in [3.8, 4) is 5.75 Å². The second-order valence-electron chi connectivity index (χ2n) is 5.16. The van der Waals surface area contributed by atoms with Crippen molar-refractivity contribution in [1.82, 2.24) is 5.32 Å². The molecule has 0 aliphatic rings. The van der Waals surface area contributed by atoms with Gasteiger partial charge in [0.2, 0.25) is 0 Å². The molecule has 102 valence electrons. The normalized spacial score (nSPS) is 12.8. The molecule has 2 nitrogen and oxygen atoms in total. The van der Waals surface area contributed by atoms with Crippen LogP contribution in [0.3, 0.4) is 0 Å². The van der Waals surface area contributed by atoms with Gasteiger partial charge in [-0.2, -0.15) is 0 Å². The third-order valence-electron chi connectivity index (χ3n) is 3.27. The zero-order valence-corrected chi connectivity index (χ0v) is 13.6. The van der Waals surface area contributed by atoms with Crippen LogP contribution in [0.15, 0.2) is 16.6 Å². The van der Waals surface area contributed by atoms with Crippen LogP contribution in [-0.4, -0.2) is 14.2 Å². The minimum absolute atomic E-state index is 0.347. The topological polar surface area (TPSA) is 21.3 Å². The van der Waals surface area contributed by atoms with Gasteiger partial charge in [0.05, 0.1) is 7.11 Å². The van der Waals surface area contributed by atoms with E-state index in [-0.39, 0.29) is 0 Å². The fraction of sp³-hybridized carbons (Fsp3) is 0.600. The molecule has 1 aromatic carbocycles. The lowest BCUT2D eigenvalue weighted by Crippen LogP contribution is -2.18. The van der Waals surface area contributed by atoms with E-state index in [9.17, 15) is 0 Å². The average molecular weight is 314 g/mol. The van der Waals surface area contributed by atoms with E-state index in [1.54, 1.807) is 7.11 Å². The number of rotatable bonds is 6. The van der Waals surface area contributed by atoms with Gasteiger partial charge < -0.3 is 10.1 Å². The quantitative estimate of drug-likeness (QED) is 0.837. The van der Waals surface area contributed by atoms with E-state index in [4.69, 9.17) is 4.74 Å². The molecular weight excluding hydrogens is 290 g/mol. The summed E-state index contributed by atoms with van der Waals surface area (Å²) < 4.78 is 6.65. The molecule has 0 spiro atoms. The highest BCUT2D eigenvalue weighted by Crippen LogP contribution is 2.33. The van der Waals surface area contributed by atoms with Crippen molar-refractivity contribution in [3.05, 3.63) is 27.7 Å². The maximum Gasteiger partial charge on any atom is 0.123 e.